The molecule has 0 aliphatic carbocycles. The highest BCUT2D eigenvalue weighted by molar-refractivity contribution is 6.21. The fourth-order valence-corrected chi connectivity index (χ4v) is 7.91. The maximum Gasteiger partial charge on any atom is 0.145 e. The summed E-state index contributed by atoms with van der Waals surface area (Å²) in [5.74, 6) is 0. The summed E-state index contributed by atoms with van der Waals surface area (Å²) in [6.07, 6.45) is 0. The van der Waals surface area contributed by atoms with Gasteiger partial charge in [0.05, 0.1) is 22.1 Å². The number of hydrogen-bond acceptors (Lipinski definition) is 4. The molecule has 52 heavy (non-hydrogen) atoms. The molecule has 0 saturated heterocycles. The minimum absolute atomic E-state index is 0.826. The standard InChI is InChI=1S/C48H29NO3/c1-3-13-30(14-4-1)32-27-40(46-36-18-8-11-21-42(36)51-45(46)28-32)49(33-23-26-44-38(29-33)35-17-7-10-20-41(35)50-44)39-25-24-34(31-15-5-2-6-16-31)48-47(39)37-19-9-12-22-43(37)52-48/h1-29H. The number of hydrogen-bond donors (Lipinski definition) is 0. The van der Waals surface area contributed by atoms with Gasteiger partial charge in [-0.15, -0.1) is 0 Å². The number of anilines is 3. The normalized spacial score (nSPS) is 11.8. The SMILES string of the molecule is c1ccc(-c2cc(N(c3ccc4oc5ccccc5c4c3)c3ccc(-c4ccccc4)c4oc5ccccc5c34)c3c(c2)oc2ccccc23)cc1. The Morgan fingerprint density at radius 3 is 1.65 bits per heavy atom. The molecule has 0 spiro atoms. The predicted molar refractivity (Wildman–Crippen MR) is 214 cm³/mol. The Kier molecular flexibility index (Phi) is 6.22. The van der Waals surface area contributed by atoms with E-state index in [1.54, 1.807) is 0 Å². The molecule has 11 aromatic rings. The van der Waals surface area contributed by atoms with Gasteiger partial charge in [0.25, 0.3) is 0 Å². The van der Waals surface area contributed by atoms with Crippen LogP contribution in [0.1, 0.15) is 0 Å². The third-order valence-corrected chi connectivity index (χ3v) is 10.3. The Morgan fingerprint density at radius 2 is 0.904 bits per heavy atom. The van der Waals surface area contributed by atoms with Crippen LogP contribution in [0, 0.1) is 0 Å². The van der Waals surface area contributed by atoms with Crippen molar-refractivity contribution in [1.82, 2.24) is 0 Å². The van der Waals surface area contributed by atoms with Gasteiger partial charge in [-0.05, 0) is 77.4 Å². The topological polar surface area (TPSA) is 42.7 Å². The van der Waals surface area contributed by atoms with Gasteiger partial charge in [-0.1, -0.05) is 115 Å². The van der Waals surface area contributed by atoms with Crippen molar-refractivity contribution in [3.05, 3.63) is 176 Å². The van der Waals surface area contributed by atoms with Gasteiger partial charge in [-0.25, -0.2) is 0 Å². The first-order valence-corrected chi connectivity index (χ1v) is 17.5. The first-order valence-electron chi connectivity index (χ1n) is 17.5. The van der Waals surface area contributed by atoms with Gasteiger partial charge in [-0.2, -0.15) is 0 Å². The van der Waals surface area contributed by atoms with Crippen LogP contribution < -0.4 is 4.90 Å². The van der Waals surface area contributed by atoms with E-state index in [1.807, 2.05) is 36.4 Å². The lowest BCUT2D eigenvalue weighted by Gasteiger charge is -2.28. The molecule has 0 fully saturated rings. The molecular weight excluding hydrogens is 639 g/mol. The van der Waals surface area contributed by atoms with Crippen LogP contribution in [0.4, 0.5) is 17.1 Å². The van der Waals surface area contributed by atoms with Gasteiger partial charge in [0.15, 0.2) is 0 Å². The Balaban J connectivity index is 1.30. The van der Waals surface area contributed by atoms with Crippen molar-refractivity contribution >= 4 is 82.9 Å². The molecule has 0 bridgehead atoms. The summed E-state index contributed by atoms with van der Waals surface area (Å²) in [7, 11) is 0. The van der Waals surface area contributed by atoms with Crippen molar-refractivity contribution in [3.63, 3.8) is 0 Å². The average Bonchev–Trinajstić information content (AvgIpc) is 3.90. The third kappa shape index (κ3) is 4.34. The fraction of sp³-hybridized carbons (Fsp3) is 0. The average molecular weight is 668 g/mol. The predicted octanol–water partition coefficient (Wildman–Crippen LogP) is 14.2. The van der Waals surface area contributed by atoms with E-state index >= 15 is 0 Å². The minimum Gasteiger partial charge on any atom is -0.456 e. The summed E-state index contributed by atoms with van der Waals surface area (Å²) in [6.45, 7) is 0. The van der Waals surface area contributed by atoms with Crippen LogP contribution in [-0.4, -0.2) is 0 Å². The number of furan rings is 3. The van der Waals surface area contributed by atoms with Crippen molar-refractivity contribution < 1.29 is 13.3 Å². The highest BCUT2D eigenvalue weighted by Crippen LogP contribution is 2.50. The van der Waals surface area contributed by atoms with Crippen LogP contribution in [0.15, 0.2) is 189 Å². The Bertz CT molecular complexity index is 3130. The van der Waals surface area contributed by atoms with Crippen LogP contribution in [0.2, 0.25) is 0 Å². The zero-order chi connectivity index (χ0) is 34.2. The van der Waals surface area contributed by atoms with Gasteiger partial charge in [0, 0.05) is 32.8 Å². The molecular formula is C48H29NO3. The smallest absolute Gasteiger partial charge is 0.145 e. The lowest BCUT2D eigenvalue weighted by Crippen LogP contribution is -2.11. The van der Waals surface area contributed by atoms with Crippen LogP contribution in [-0.2, 0) is 0 Å². The number of benzene rings is 8. The van der Waals surface area contributed by atoms with Gasteiger partial charge in [0.2, 0.25) is 0 Å². The molecule has 8 aromatic carbocycles. The number of rotatable bonds is 5. The number of para-hydroxylation sites is 3. The molecule has 3 heterocycles. The van der Waals surface area contributed by atoms with E-state index in [2.05, 4.69) is 144 Å². The van der Waals surface area contributed by atoms with Crippen LogP contribution in [0.3, 0.4) is 0 Å². The van der Waals surface area contributed by atoms with E-state index in [-0.39, 0.29) is 0 Å². The molecule has 0 N–H and O–H groups in total. The lowest BCUT2D eigenvalue weighted by atomic mass is 9.97. The maximum absolute atomic E-state index is 6.79. The minimum atomic E-state index is 0.826. The zero-order valence-corrected chi connectivity index (χ0v) is 27.9. The molecule has 4 nitrogen and oxygen atoms in total. The molecule has 4 heteroatoms. The Hall–Kier alpha value is -7.04. The molecule has 0 aliphatic rings. The first kappa shape index (κ1) is 28.8. The summed E-state index contributed by atoms with van der Waals surface area (Å²) in [6, 6.07) is 61.3. The van der Waals surface area contributed by atoms with Crippen molar-refractivity contribution in [2.24, 2.45) is 0 Å². The molecule has 0 radical (unpaired) electrons. The van der Waals surface area contributed by atoms with E-state index in [1.165, 1.54) is 0 Å². The fourth-order valence-electron chi connectivity index (χ4n) is 7.91. The molecule has 0 aliphatic heterocycles. The van der Waals surface area contributed by atoms with Gasteiger partial charge >= 0.3 is 0 Å². The largest absolute Gasteiger partial charge is 0.456 e. The molecule has 3 aromatic heterocycles. The van der Waals surface area contributed by atoms with Gasteiger partial charge in [-0.3, -0.25) is 0 Å². The third-order valence-electron chi connectivity index (χ3n) is 10.3. The molecule has 11 rings (SSSR count). The van der Waals surface area contributed by atoms with Crippen molar-refractivity contribution in [3.8, 4) is 22.3 Å². The van der Waals surface area contributed by atoms with E-state index < -0.39 is 0 Å². The van der Waals surface area contributed by atoms with E-state index in [0.29, 0.717) is 0 Å². The van der Waals surface area contributed by atoms with E-state index in [0.717, 1.165) is 105 Å². The summed E-state index contributed by atoms with van der Waals surface area (Å²) >= 11 is 0. The zero-order valence-electron chi connectivity index (χ0n) is 27.9. The van der Waals surface area contributed by atoms with Crippen LogP contribution >= 0.6 is 0 Å². The summed E-state index contributed by atoms with van der Waals surface area (Å²) in [5, 5.41) is 6.33. The second-order valence-corrected chi connectivity index (χ2v) is 13.2. The summed E-state index contributed by atoms with van der Waals surface area (Å²) in [4.78, 5) is 2.39. The molecule has 0 amide bonds. The summed E-state index contributed by atoms with van der Waals surface area (Å²) < 4.78 is 19.8. The molecule has 0 atom stereocenters. The van der Waals surface area contributed by atoms with E-state index in [9.17, 15) is 0 Å². The van der Waals surface area contributed by atoms with Gasteiger partial charge < -0.3 is 18.2 Å². The van der Waals surface area contributed by atoms with Crippen molar-refractivity contribution in [2.75, 3.05) is 4.90 Å². The first-order chi connectivity index (χ1) is 25.8. The molecule has 244 valence electrons. The maximum atomic E-state index is 6.79. The second-order valence-electron chi connectivity index (χ2n) is 13.2. The van der Waals surface area contributed by atoms with Gasteiger partial charge in [0.1, 0.15) is 33.5 Å². The van der Waals surface area contributed by atoms with Crippen molar-refractivity contribution in [1.29, 1.82) is 0 Å². The Labute approximate surface area is 298 Å². The lowest BCUT2D eigenvalue weighted by molar-refractivity contribution is 0.668. The molecule has 0 unspecified atom stereocenters. The number of nitrogens with zero attached hydrogens (tertiary/aromatic N) is 1. The highest BCUT2D eigenvalue weighted by Gasteiger charge is 2.26. The van der Waals surface area contributed by atoms with E-state index in [4.69, 9.17) is 13.3 Å². The summed E-state index contributed by atoms with van der Waals surface area (Å²) in [5.41, 5.74) is 12.4. The number of fused-ring (bicyclic) bond motifs is 9. The van der Waals surface area contributed by atoms with Crippen molar-refractivity contribution in [2.45, 2.75) is 0 Å². The second kappa shape index (κ2) is 11.2. The molecule has 0 saturated carbocycles. The monoisotopic (exact) mass is 667 g/mol. The Morgan fingerprint density at radius 1 is 0.327 bits per heavy atom. The van der Waals surface area contributed by atoms with Crippen LogP contribution in [0.25, 0.3) is 88.1 Å². The quantitative estimate of drug-likeness (QED) is 0.183. The van der Waals surface area contributed by atoms with Crippen LogP contribution in [0.5, 0.6) is 0 Å². The highest BCUT2D eigenvalue weighted by atomic mass is 16.3.